The third-order valence-corrected chi connectivity index (χ3v) is 2.45. The first-order valence-corrected chi connectivity index (χ1v) is 4.90. The molecule has 0 unspecified atom stereocenters. The number of rotatable bonds is 5. The van der Waals surface area contributed by atoms with Crippen molar-refractivity contribution >= 4 is 17.3 Å². The second-order valence-corrected chi connectivity index (χ2v) is 3.49. The Labute approximate surface area is 79.9 Å². The minimum atomic E-state index is -0.974. The molecule has 72 valence electrons. The van der Waals surface area contributed by atoms with Crippen LogP contribution in [0, 0.1) is 0 Å². The Balaban J connectivity index is 2.44. The van der Waals surface area contributed by atoms with E-state index < -0.39 is 5.97 Å². The van der Waals surface area contributed by atoms with Gasteiger partial charge in [0.05, 0.1) is 5.69 Å². The molecule has 2 N–H and O–H groups in total. The van der Waals surface area contributed by atoms with Gasteiger partial charge in [-0.25, -0.2) is 9.78 Å². The zero-order valence-corrected chi connectivity index (χ0v) is 7.88. The summed E-state index contributed by atoms with van der Waals surface area (Å²) in [5.41, 5.74) is 0.802. The molecule has 1 rings (SSSR count). The van der Waals surface area contributed by atoms with Crippen LogP contribution >= 0.6 is 11.3 Å². The average Bonchev–Trinajstić information content (AvgIpc) is 2.53. The van der Waals surface area contributed by atoms with Crippen molar-refractivity contribution in [1.29, 1.82) is 0 Å². The van der Waals surface area contributed by atoms with E-state index in [0.717, 1.165) is 36.3 Å². The van der Waals surface area contributed by atoms with E-state index in [1.54, 1.807) is 5.38 Å². The number of nitrogens with zero attached hydrogens (tertiary/aromatic N) is 1. The molecule has 13 heavy (non-hydrogen) atoms. The minimum Gasteiger partial charge on any atom is -0.476 e. The summed E-state index contributed by atoms with van der Waals surface area (Å²) in [6.45, 7) is 0.177. The first-order chi connectivity index (χ1) is 6.24. The van der Waals surface area contributed by atoms with Crippen molar-refractivity contribution in [1.82, 2.24) is 4.98 Å². The number of hydrogen-bond donors (Lipinski definition) is 2. The number of unbranched alkanes of at least 4 members (excludes halogenated alkanes) is 1. The average molecular weight is 201 g/mol. The predicted octanol–water partition coefficient (Wildman–Crippen LogP) is 1.16. The number of aromatic nitrogens is 1. The Kier molecular flexibility index (Phi) is 3.85. The van der Waals surface area contributed by atoms with Gasteiger partial charge in [-0.1, -0.05) is 0 Å². The van der Waals surface area contributed by atoms with Gasteiger partial charge < -0.3 is 10.2 Å². The molecule has 0 saturated heterocycles. The standard InChI is InChI=1S/C8H11NO3S/c10-4-2-1-3-6-5-13-7(9-6)8(11)12/h5,10H,1-4H2,(H,11,12). The maximum atomic E-state index is 10.5. The van der Waals surface area contributed by atoms with Gasteiger partial charge in [0, 0.05) is 12.0 Å². The summed E-state index contributed by atoms with van der Waals surface area (Å²) in [6, 6.07) is 0. The van der Waals surface area contributed by atoms with E-state index in [1.165, 1.54) is 0 Å². The van der Waals surface area contributed by atoms with Crippen LogP contribution in [0.5, 0.6) is 0 Å². The molecule has 1 heterocycles. The summed E-state index contributed by atoms with van der Waals surface area (Å²) in [6.07, 6.45) is 2.32. The van der Waals surface area contributed by atoms with E-state index in [4.69, 9.17) is 10.2 Å². The molecule has 0 radical (unpaired) electrons. The van der Waals surface area contributed by atoms with Crippen LogP contribution in [0.1, 0.15) is 28.3 Å². The fourth-order valence-electron chi connectivity index (χ4n) is 0.938. The molecule has 1 aromatic heterocycles. The third kappa shape index (κ3) is 3.12. The minimum absolute atomic E-state index is 0.138. The highest BCUT2D eigenvalue weighted by atomic mass is 32.1. The number of hydrogen-bond acceptors (Lipinski definition) is 4. The van der Waals surface area contributed by atoms with Gasteiger partial charge >= 0.3 is 5.97 Å². The first-order valence-electron chi connectivity index (χ1n) is 4.02. The Morgan fingerprint density at radius 3 is 2.85 bits per heavy atom. The van der Waals surface area contributed by atoms with E-state index in [0.29, 0.717) is 0 Å². The highest BCUT2D eigenvalue weighted by Crippen LogP contribution is 2.11. The predicted molar refractivity (Wildman–Crippen MR) is 49.1 cm³/mol. The molecule has 4 nitrogen and oxygen atoms in total. The molecule has 0 bridgehead atoms. The summed E-state index contributed by atoms with van der Waals surface area (Å²) in [5.74, 6) is -0.974. The molecule has 0 atom stereocenters. The molecule has 0 aliphatic rings. The number of carboxylic acid groups (broad SMARTS) is 1. The van der Waals surface area contributed by atoms with Crippen molar-refractivity contribution in [2.45, 2.75) is 19.3 Å². The molecule has 1 aromatic rings. The number of carbonyl (C=O) groups is 1. The molecule has 0 aromatic carbocycles. The van der Waals surface area contributed by atoms with Crippen molar-refractivity contribution in [3.63, 3.8) is 0 Å². The van der Waals surface area contributed by atoms with Gasteiger partial charge in [-0.05, 0) is 19.3 Å². The fourth-order valence-corrected chi connectivity index (χ4v) is 1.63. The topological polar surface area (TPSA) is 70.4 Å². The molecular formula is C8H11NO3S. The van der Waals surface area contributed by atoms with Crippen molar-refractivity contribution in [2.24, 2.45) is 0 Å². The summed E-state index contributed by atoms with van der Waals surface area (Å²) in [4.78, 5) is 14.4. The monoisotopic (exact) mass is 201 g/mol. The van der Waals surface area contributed by atoms with Crippen LogP contribution in [-0.2, 0) is 6.42 Å². The number of thiazole rings is 1. The molecule has 0 aliphatic heterocycles. The maximum Gasteiger partial charge on any atom is 0.365 e. The normalized spacial score (nSPS) is 10.2. The summed E-state index contributed by atoms with van der Waals surface area (Å²) >= 11 is 1.14. The second-order valence-electron chi connectivity index (χ2n) is 2.63. The number of aliphatic hydroxyl groups is 1. The van der Waals surface area contributed by atoms with Crippen LogP contribution in [0.3, 0.4) is 0 Å². The lowest BCUT2D eigenvalue weighted by atomic mass is 10.2. The second kappa shape index (κ2) is 4.94. The van der Waals surface area contributed by atoms with Crippen LogP contribution in [0.25, 0.3) is 0 Å². The molecule has 5 heteroatoms. The van der Waals surface area contributed by atoms with Crippen LogP contribution in [0.2, 0.25) is 0 Å². The number of aliphatic hydroxyl groups excluding tert-OH is 1. The Hall–Kier alpha value is -0.940. The van der Waals surface area contributed by atoms with Gasteiger partial charge in [-0.2, -0.15) is 0 Å². The highest BCUT2D eigenvalue weighted by Gasteiger charge is 2.07. The summed E-state index contributed by atoms with van der Waals surface area (Å²) in [5, 5.41) is 19.0. The van der Waals surface area contributed by atoms with Gasteiger partial charge in [0.1, 0.15) is 0 Å². The Morgan fingerprint density at radius 1 is 1.54 bits per heavy atom. The van der Waals surface area contributed by atoms with Crippen molar-refractivity contribution < 1.29 is 15.0 Å². The molecular weight excluding hydrogens is 190 g/mol. The zero-order chi connectivity index (χ0) is 9.68. The molecule has 0 fully saturated rings. The van der Waals surface area contributed by atoms with E-state index >= 15 is 0 Å². The van der Waals surface area contributed by atoms with Crippen LogP contribution in [0.15, 0.2) is 5.38 Å². The van der Waals surface area contributed by atoms with E-state index in [9.17, 15) is 4.79 Å². The smallest absolute Gasteiger partial charge is 0.365 e. The van der Waals surface area contributed by atoms with Crippen LogP contribution < -0.4 is 0 Å². The molecule has 0 saturated carbocycles. The SMILES string of the molecule is O=C(O)c1nc(CCCCO)cs1. The molecule has 0 amide bonds. The van der Waals surface area contributed by atoms with Crippen molar-refractivity contribution in [3.8, 4) is 0 Å². The van der Waals surface area contributed by atoms with Crippen LogP contribution in [-0.4, -0.2) is 27.8 Å². The van der Waals surface area contributed by atoms with Crippen molar-refractivity contribution in [2.75, 3.05) is 6.61 Å². The quantitative estimate of drug-likeness (QED) is 0.701. The van der Waals surface area contributed by atoms with Gasteiger partial charge in [0.2, 0.25) is 5.01 Å². The lowest BCUT2D eigenvalue weighted by Gasteiger charge is -1.93. The van der Waals surface area contributed by atoms with E-state index in [2.05, 4.69) is 4.98 Å². The largest absolute Gasteiger partial charge is 0.476 e. The Morgan fingerprint density at radius 2 is 2.31 bits per heavy atom. The maximum absolute atomic E-state index is 10.5. The van der Waals surface area contributed by atoms with Gasteiger partial charge in [0.25, 0.3) is 0 Å². The lowest BCUT2D eigenvalue weighted by Crippen LogP contribution is -1.96. The summed E-state index contributed by atoms with van der Waals surface area (Å²) < 4.78 is 0. The lowest BCUT2D eigenvalue weighted by molar-refractivity contribution is 0.0696. The van der Waals surface area contributed by atoms with E-state index in [-0.39, 0.29) is 11.6 Å². The highest BCUT2D eigenvalue weighted by molar-refractivity contribution is 7.11. The molecule has 0 aliphatic carbocycles. The molecule has 0 spiro atoms. The van der Waals surface area contributed by atoms with Gasteiger partial charge in [0.15, 0.2) is 0 Å². The van der Waals surface area contributed by atoms with E-state index in [1.807, 2.05) is 0 Å². The van der Waals surface area contributed by atoms with Crippen molar-refractivity contribution in [3.05, 3.63) is 16.1 Å². The number of aryl methyl sites for hydroxylation is 1. The Bertz CT molecular complexity index is 285. The van der Waals surface area contributed by atoms with Gasteiger partial charge in [-0.3, -0.25) is 0 Å². The first kappa shape index (κ1) is 10.1. The number of aromatic carboxylic acids is 1. The van der Waals surface area contributed by atoms with Crippen LogP contribution in [0.4, 0.5) is 0 Å². The zero-order valence-electron chi connectivity index (χ0n) is 7.06. The number of carboxylic acids is 1. The third-order valence-electron chi connectivity index (χ3n) is 1.58. The van der Waals surface area contributed by atoms with Gasteiger partial charge in [-0.15, -0.1) is 11.3 Å². The fraction of sp³-hybridized carbons (Fsp3) is 0.500. The summed E-state index contributed by atoms with van der Waals surface area (Å²) in [7, 11) is 0.